The number of ether oxygens (including phenoxy) is 2. The van der Waals surface area contributed by atoms with Gasteiger partial charge in [0.25, 0.3) is 0 Å². The predicted molar refractivity (Wildman–Crippen MR) is 61.3 cm³/mol. The van der Waals surface area contributed by atoms with Crippen molar-refractivity contribution in [1.29, 1.82) is 0 Å². The highest BCUT2D eigenvalue weighted by atomic mass is 35.5. The van der Waals surface area contributed by atoms with E-state index in [4.69, 9.17) is 21.1 Å². The normalized spacial score (nSPS) is 19.8. The summed E-state index contributed by atoms with van der Waals surface area (Å²) in [5.41, 5.74) is 0.581. The second kappa shape index (κ2) is 4.85. The summed E-state index contributed by atoms with van der Waals surface area (Å²) in [5.74, 6) is 0.576. The third-order valence-electron chi connectivity index (χ3n) is 2.66. The molecular formula is C12H13ClO3. The van der Waals surface area contributed by atoms with Crippen molar-refractivity contribution in [3.63, 3.8) is 0 Å². The lowest BCUT2D eigenvalue weighted by Gasteiger charge is -2.09. The molecule has 1 aliphatic rings. The van der Waals surface area contributed by atoms with Crippen LogP contribution in [0.25, 0.3) is 0 Å². The van der Waals surface area contributed by atoms with Crippen LogP contribution in [0.1, 0.15) is 23.2 Å². The first kappa shape index (κ1) is 11.4. The van der Waals surface area contributed by atoms with Crippen molar-refractivity contribution in [3.8, 4) is 5.75 Å². The summed E-state index contributed by atoms with van der Waals surface area (Å²) in [4.78, 5) is 12.0. The molecular weight excluding hydrogens is 228 g/mol. The molecule has 1 fully saturated rings. The van der Waals surface area contributed by atoms with Gasteiger partial charge in [0.1, 0.15) is 11.9 Å². The molecule has 2 rings (SSSR count). The number of carbonyl (C=O) groups is 1. The fraction of sp³-hybridized carbons (Fsp3) is 0.417. The average Bonchev–Trinajstić information content (AvgIpc) is 2.81. The molecule has 3 nitrogen and oxygen atoms in total. The Morgan fingerprint density at radius 2 is 2.38 bits per heavy atom. The maximum atomic E-state index is 12.0. The first-order valence-corrected chi connectivity index (χ1v) is 5.59. The van der Waals surface area contributed by atoms with Crippen LogP contribution in [0.3, 0.4) is 0 Å². The molecule has 1 unspecified atom stereocenters. The first-order chi connectivity index (χ1) is 7.72. The fourth-order valence-electron chi connectivity index (χ4n) is 1.79. The van der Waals surface area contributed by atoms with Crippen LogP contribution in [0.15, 0.2) is 18.2 Å². The van der Waals surface area contributed by atoms with Crippen molar-refractivity contribution < 1.29 is 14.3 Å². The van der Waals surface area contributed by atoms with E-state index in [1.807, 2.05) is 0 Å². The predicted octanol–water partition coefficient (Wildman–Crippen LogP) is 2.71. The van der Waals surface area contributed by atoms with Crippen molar-refractivity contribution in [3.05, 3.63) is 28.8 Å². The highest BCUT2D eigenvalue weighted by Crippen LogP contribution is 2.26. The van der Waals surface area contributed by atoms with E-state index in [2.05, 4.69) is 0 Å². The van der Waals surface area contributed by atoms with E-state index in [9.17, 15) is 4.79 Å². The highest BCUT2D eigenvalue weighted by molar-refractivity contribution is 6.32. The second-order valence-corrected chi connectivity index (χ2v) is 4.12. The minimum Gasteiger partial charge on any atom is -0.495 e. The van der Waals surface area contributed by atoms with E-state index in [-0.39, 0.29) is 11.9 Å². The Bertz CT molecular complexity index is 397. The zero-order valence-electron chi connectivity index (χ0n) is 9.03. The summed E-state index contributed by atoms with van der Waals surface area (Å²) in [5, 5.41) is 0.450. The van der Waals surface area contributed by atoms with Crippen LogP contribution >= 0.6 is 11.6 Å². The van der Waals surface area contributed by atoms with Crippen LogP contribution in [0.2, 0.25) is 5.02 Å². The van der Waals surface area contributed by atoms with Gasteiger partial charge in [0.2, 0.25) is 0 Å². The molecule has 16 heavy (non-hydrogen) atoms. The van der Waals surface area contributed by atoms with E-state index in [1.165, 1.54) is 0 Å². The monoisotopic (exact) mass is 240 g/mol. The van der Waals surface area contributed by atoms with Gasteiger partial charge in [0, 0.05) is 12.2 Å². The second-order valence-electron chi connectivity index (χ2n) is 3.72. The third-order valence-corrected chi connectivity index (χ3v) is 2.95. The molecule has 0 aromatic heterocycles. The SMILES string of the molecule is COc1ccc(C(=O)C2CCCO2)cc1Cl. The minimum atomic E-state index is -0.301. The van der Waals surface area contributed by atoms with Gasteiger partial charge in [0.15, 0.2) is 5.78 Å². The van der Waals surface area contributed by atoms with Gasteiger partial charge < -0.3 is 9.47 Å². The molecule has 86 valence electrons. The number of carbonyl (C=O) groups excluding carboxylic acids is 1. The molecule has 1 saturated heterocycles. The van der Waals surface area contributed by atoms with E-state index < -0.39 is 0 Å². The van der Waals surface area contributed by atoms with Crippen LogP contribution < -0.4 is 4.74 Å². The van der Waals surface area contributed by atoms with Gasteiger partial charge in [0.05, 0.1) is 12.1 Å². The number of hydrogen-bond acceptors (Lipinski definition) is 3. The van der Waals surface area contributed by atoms with E-state index in [0.29, 0.717) is 22.9 Å². The number of methoxy groups -OCH3 is 1. The van der Waals surface area contributed by atoms with E-state index in [1.54, 1.807) is 25.3 Å². The van der Waals surface area contributed by atoms with Gasteiger partial charge in [-0.05, 0) is 31.0 Å². The standard InChI is InChI=1S/C12H13ClO3/c1-15-10-5-4-8(7-9(10)13)12(14)11-3-2-6-16-11/h4-5,7,11H,2-3,6H2,1H3. The minimum absolute atomic E-state index is 0.00190. The van der Waals surface area contributed by atoms with Crippen molar-refractivity contribution >= 4 is 17.4 Å². The van der Waals surface area contributed by atoms with E-state index in [0.717, 1.165) is 12.8 Å². The lowest BCUT2D eigenvalue weighted by Crippen LogP contribution is -2.19. The van der Waals surface area contributed by atoms with Gasteiger partial charge in [-0.25, -0.2) is 0 Å². The number of halogens is 1. The lowest BCUT2D eigenvalue weighted by molar-refractivity contribution is 0.0643. The number of ketones is 1. The topological polar surface area (TPSA) is 35.5 Å². The van der Waals surface area contributed by atoms with Crippen molar-refractivity contribution in [2.75, 3.05) is 13.7 Å². The summed E-state index contributed by atoms with van der Waals surface area (Å²) < 4.78 is 10.4. The quantitative estimate of drug-likeness (QED) is 0.762. The lowest BCUT2D eigenvalue weighted by atomic mass is 10.0. The van der Waals surface area contributed by atoms with Crippen LogP contribution in [-0.2, 0) is 4.74 Å². The third kappa shape index (κ3) is 2.20. The summed E-state index contributed by atoms with van der Waals surface area (Å²) in [6.07, 6.45) is 1.44. The Labute approximate surface area is 99.3 Å². The highest BCUT2D eigenvalue weighted by Gasteiger charge is 2.25. The molecule has 0 saturated carbocycles. The van der Waals surface area contributed by atoms with Gasteiger partial charge in [-0.2, -0.15) is 0 Å². The maximum absolute atomic E-state index is 12.0. The summed E-state index contributed by atoms with van der Waals surface area (Å²) >= 11 is 5.96. The Morgan fingerprint density at radius 1 is 1.56 bits per heavy atom. The fourth-order valence-corrected chi connectivity index (χ4v) is 2.05. The molecule has 0 amide bonds. The van der Waals surface area contributed by atoms with Crippen molar-refractivity contribution in [2.24, 2.45) is 0 Å². The number of benzene rings is 1. The van der Waals surface area contributed by atoms with Gasteiger partial charge in [-0.1, -0.05) is 11.6 Å². The van der Waals surface area contributed by atoms with Crippen molar-refractivity contribution in [2.45, 2.75) is 18.9 Å². The Kier molecular flexibility index (Phi) is 3.46. The molecule has 1 aromatic rings. The van der Waals surface area contributed by atoms with Gasteiger partial charge >= 0.3 is 0 Å². The molecule has 0 radical (unpaired) electrons. The molecule has 1 aromatic carbocycles. The Hall–Kier alpha value is -1.06. The van der Waals surface area contributed by atoms with Gasteiger partial charge in [-0.3, -0.25) is 4.79 Å². The van der Waals surface area contributed by atoms with Crippen LogP contribution in [-0.4, -0.2) is 25.6 Å². The molecule has 0 spiro atoms. The number of rotatable bonds is 3. The molecule has 1 aliphatic heterocycles. The zero-order valence-corrected chi connectivity index (χ0v) is 9.79. The largest absolute Gasteiger partial charge is 0.495 e. The smallest absolute Gasteiger partial charge is 0.191 e. The average molecular weight is 241 g/mol. The summed E-state index contributed by atoms with van der Waals surface area (Å²) in [6.45, 7) is 0.667. The molecule has 0 aliphatic carbocycles. The first-order valence-electron chi connectivity index (χ1n) is 5.21. The molecule has 0 bridgehead atoms. The summed E-state index contributed by atoms with van der Waals surface area (Å²) in [7, 11) is 1.54. The van der Waals surface area contributed by atoms with Crippen molar-refractivity contribution in [1.82, 2.24) is 0 Å². The number of hydrogen-bond donors (Lipinski definition) is 0. The van der Waals surface area contributed by atoms with E-state index >= 15 is 0 Å². The van der Waals surface area contributed by atoms with Gasteiger partial charge in [-0.15, -0.1) is 0 Å². The van der Waals surface area contributed by atoms with Crippen LogP contribution in [0.5, 0.6) is 5.75 Å². The molecule has 1 atom stereocenters. The maximum Gasteiger partial charge on any atom is 0.191 e. The molecule has 1 heterocycles. The van der Waals surface area contributed by atoms with Crippen LogP contribution in [0.4, 0.5) is 0 Å². The number of Topliss-reactive ketones (excluding diaryl/α,β-unsaturated/α-hetero) is 1. The van der Waals surface area contributed by atoms with Crippen LogP contribution in [0, 0.1) is 0 Å². The summed E-state index contributed by atoms with van der Waals surface area (Å²) in [6, 6.07) is 5.05. The Balaban J connectivity index is 2.20. The molecule has 0 N–H and O–H groups in total. The Morgan fingerprint density at radius 3 is 2.94 bits per heavy atom. The zero-order chi connectivity index (χ0) is 11.5. The molecule has 4 heteroatoms.